The Hall–Kier alpha value is -2.58. The third-order valence-electron chi connectivity index (χ3n) is 4.25. The molecular weight excluding hydrogens is 298 g/mol. The maximum atomic E-state index is 12.1. The van der Waals surface area contributed by atoms with E-state index in [9.17, 15) is 4.79 Å². The summed E-state index contributed by atoms with van der Waals surface area (Å²) in [5, 5.41) is 3.32. The Kier molecular flexibility index (Phi) is 7.06. The lowest BCUT2D eigenvalue weighted by Crippen LogP contribution is -2.16. The fourth-order valence-corrected chi connectivity index (χ4v) is 2.94. The van der Waals surface area contributed by atoms with Gasteiger partial charge >= 0.3 is 0 Å². The molecule has 0 aromatic heterocycles. The lowest BCUT2D eigenvalue weighted by molar-refractivity contribution is -0.122. The number of benzene rings is 2. The van der Waals surface area contributed by atoms with Crippen LogP contribution < -0.4 is 0 Å². The van der Waals surface area contributed by atoms with E-state index in [-0.39, 0.29) is 11.8 Å². The van der Waals surface area contributed by atoms with Crippen molar-refractivity contribution >= 4 is 5.91 Å². The first-order valence-corrected chi connectivity index (χ1v) is 8.36. The maximum absolute atomic E-state index is 12.1. The smallest absolute Gasteiger partial charge is 0.222 e. The Morgan fingerprint density at radius 3 is 2.04 bits per heavy atom. The van der Waals surface area contributed by atoms with Gasteiger partial charge in [-0.25, -0.2) is 0 Å². The van der Waals surface area contributed by atoms with Crippen LogP contribution in [0.5, 0.6) is 0 Å². The predicted molar refractivity (Wildman–Crippen MR) is 96.3 cm³/mol. The summed E-state index contributed by atoms with van der Waals surface area (Å²) < 4.78 is 0. The molecule has 2 atom stereocenters. The molecule has 2 rings (SSSR count). The van der Waals surface area contributed by atoms with Crippen molar-refractivity contribution in [1.29, 1.82) is 0 Å². The summed E-state index contributed by atoms with van der Waals surface area (Å²) in [6.45, 7) is 2.20. The standard InChI is InChI=1S/C20H23N3O/c1-16(14-17-8-4-2-5-9-17)12-13-19(20(24)22-23-21)15-18-10-6-3-7-11-18/h2-11,16,19H,12-15H2,1H3/t16-,19-/m1/s1. The molecule has 0 radical (unpaired) electrons. The molecule has 0 saturated heterocycles. The summed E-state index contributed by atoms with van der Waals surface area (Å²) in [6.07, 6.45) is 3.28. The van der Waals surface area contributed by atoms with Gasteiger partial charge in [0.1, 0.15) is 0 Å². The van der Waals surface area contributed by atoms with E-state index in [2.05, 4.69) is 29.1 Å². The Balaban J connectivity index is 1.94. The van der Waals surface area contributed by atoms with E-state index in [4.69, 9.17) is 5.53 Å². The molecular formula is C20H23N3O. The van der Waals surface area contributed by atoms with Gasteiger partial charge in [0.15, 0.2) is 0 Å². The van der Waals surface area contributed by atoms with E-state index >= 15 is 0 Å². The molecule has 0 aliphatic heterocycles. The molecule has 0 fully saturated rings. The average Bonchev–Trinajstić information content (AvgIpc) is 2.60. The van der Waals surface area contributed by atoms with Crippen LogP contribution in [-0.2, 0) is 17.6 Å². The molecule has 0 heterocycles. The lowest BCUT2D eigenvalue weighted by Gasteiger charge is -2.17. The zero-order valence-corrected chi connectivity index (χ0v) is 14.0. The van der Waals surface area contributed by atoms with Crippen molar-refractivity contribution in [2.24, 2.45) is 17.0 Å². The van der Waals surface area contributed by atoms with E-state index in [0.717, 1.165) is 24.8 Å². The molecule has 0 unspecified atom stereocenters. The highest BCUT2D eigenvalue weighted by Gasteiger charge is 2.19. The fourth-order valence-electron chi connectivity index (χ4n) is 2.94. The molecule has 4 nitrogen and oxygen atoms in total. The maximum Gasteiger partial charge on any atom is 0.222 e. The number of hydrogen-bond acceptors (Lipinski definition) is 1. The molecule has 2 aromatic rings. The molecule has 24 heavy (non-hydrogen) atoms. The molecule has 4 heteroatoms. The second-order valence-electron chi connectivity index (χ2n) is 6.29. The summed E-state index contributed by atoms with van der Waals surface area (Å²) in [7, 11) is 0. The van der Waals surface area contributed by atoms with Gasteiger partial charge in [0, 0.05) is 10.8 Å². The zero-order chi connectivity index (χ0) is 17.2. The monoisotopic (exact) mass is 321 g/mol. The van der Waals surface area contributed by atoms with Crippen LogP contribution in [0.25, 0.3) is 10.4 Å². The van der Waals surface area contributed by atoms with Gasteiger partial charge in [0.25, 0.3) is 0 Å². The van der Waals surface area contributed by atoms with Crippen LogP contribution >= 0.6 is 0 Å². The average molecular weight is 321 g/mol. The van der Waals surface area contributed by atoms with E-state index in [1.54, 1.807) is 0 Å². The highest BCUT2D eigenvalue weighted by molar-refractivity contribution is 5.79. The first-order valence-electron chi connectivity index (χ1n) is 8.36. The SMILES string of the molecule is C[C@H](CC[C@H](Cc1ccccc1)C(=O)N=[N+]=[N-])Cc1ccccc1. The minimum absolute atomic E-state index is 0.249. The first-order chi connectivity index (χ1) is 11.7. The van der Waals surface area contributed by atoms with Gasteiger partial charge in [-0.1, -0.05) is 67.6 Å². The second-order valence-corrected chi connectivity index (χ2v) is 6.29. The Labute approximate surface area is 143 Å². The first kappa shape index (κ1) is 17.8. The third kappa shape index (κ3) is 5.90. The number of nitrogens with zero attached hydrogens (tertiary/aromatic N) is 3. The van der Waals surface area contributed by atoms with Crippen molar-refractivity contribution in [1.82, 2.24) is 0 Å². The van der Waals surface area contributed by atoms with Crippen LogP contribution in [0, 0.1) is 11.8 Å². The molecule has 0 bridgehead atoms. The molecule has 124 valence electrons. The van der Waals surface area contributed by atoms with Gasteiger partial charge in [0.2, 0.25) is 5.91 Å². The summed E-state index contributed by atoms with van der Waals surface area (Å²) in [5.41, 5.74) is 11.0. The minimum Gasteiger partial charge on any atom is -0.292 e. The van der Waals surface area contributed by atoms with Gasteiger partial charge < -0.3 is 0 Å². The topological polar surface area (TPSA) is 65.8 Å². The number of amides is 1. The van der Waals surface area contributed by atoms with Gasteiger partial charge in [-0.2, -0.15) is 0 Å². The van der Waals surface area contributed by atoms with E-state index in [1.165, 1.54) is 5.56 Å². The fraction of sp³-hybridized carbons (Fsp3) is 0.350. The summed E-state index contributed by atoms with van der Waals surface area (Å²) >= 11 is 0. The number of azide groups is 1. The van der Waals surface area contributed by atoms with Crippen molar-refractivity contribution in [2.45, 2.75) is 32.6 Å². The molecule has 0 aliphatic rings. The molecule has 2 aromatic carbocycles. The molecule has 0 aliphatic carbocycles. The summed E-state index contributed by atoms with van der Waals surface area (Å²) in [4.78, 5) is 14.8. The van der Waals surface area contributed by atoms with Gasteiger partial charge in [-0.15, -0.1) is 0 Å². The third-order valence-corrected chi connectivity index (χ3v) is 4.25. The van der Waals surface area contributed by atoms with Crippen molar-refractivity contribution < 1.29 is 4.79 Å². The summed E-state index contributed by atoms with van der Waals surface area (Å²) in [5.74, 6) is -0.126. The second kappa shape index (κ2) is 9.53. The van der Waals surface area contributed by atoms with Gasteiger partial charge in [0.05, 0.1) is 0 Å². The number of carbonyl (C=O) groups is 1. The van der Waals surface area contributed by atoms with Crippen molar-refractivity contribution in [3.63, 3.8) is 0 Å². The molecule has 0 N–H and O–H groups in total. The van der Waals surface area contributed by atoms with Crippen molar-refractivity contribution in [2.75, 3.05) is 0 Å². The van der Waals surface area contributed by atoms with Gasteiger partial charge in [-0.3, -0.25) is 4.79 Å². The molecule has 0 saturated carbocycles. The molecule has 0 spiro atoms. The van der Waals surface area contributed by atoms with Crippen LogP contribution in [0.1, 0.15) is 30.9 Å². The number of hydrogen-bond donors (Lipinski definition) is 0. The zero-order valence-electron chi connectivity index (χ0n) is 14.0. The largest absolute Gasteiger partial charge is 0.292 e. The predicted octanol–water partition coefficient (Wildman–Crippen LogP) is 5.34. The Morgan fingerprint density at radius 2 is 1.50 bits per heavy atom. The van der Waals surface area contributed by atoms with E-state index in [0.29, 0.717) is 12.3 Å². The van der Waals surface area contributed by atoms with Crippen molar-refractivity contribution in [3.05, 3.63) is 82.2 Å². The van der Waals surface area contributed by atoms with Crippen LogP contribution in [-0.4, -0.2) is 5.91 Å². The van der Waals surface area contributed by atoms with Crippen molar-refractivity contribution in [3.8, 4) is 0 Å². The quantitative estimate of drug-likeness (QED) is 0.367. The van der Waals surface area contributed by atoms with Crippen LogP contribution in [0.2, 0.25) is 0 Å². The highest BCUT2D eigenvalue weighted by Crippen LogP contribution is 2.21. The number of rotatable bonds is 8. The van der Waals surface area contributed by atoms with Crippen LogP contribution in [0.15, 0.2) is 65.8 Å². The summed E-state index contributed by atoms with van der Waals surface area (Å²) in [6, 6.07) is 20.2. The van der Waals surface area contributed by atoms with Crippen LogP contribution in [0.4, 0.5) is 0 Å². The Bertz CT molecular complexity index is 679. The Morgan fingerprint density at radius 1 is 0.958 bits per heavy atom. The minimum atomic E-state index is -0.353. The lowest BCUT2D eigenvalue weighted by atomic mass is 9.88. The van der Waals surface area contributed by atoms with Gasteiger partial charge in [-0.05, 0) is 53.4 Å². The number of carbonyl (C=O) groups excluding carboxylic acids is 1. The van der Waals surface area contributed by atoms with E-state index < -0.39 is 0 Å². The molecule has 1 amide bonds. The van der Waals surface area contributed by atoms with E-state index in [1.807, 2.05) is 48.5 Å². The normalized spacial score (nSPS) is 12.9. The van der Waals surface area contributed by atoms with Crippen LogP contribution in [0.3, 0.4) is 0 Å². The highest BCUT2D eigenvalue weighted by atomic mass is 16.1.